The van der Waals surface area contributed by atoms with Crippen LogP contribution < -0.4 is 10.2 Å². The quantitative estimate of drug-likeness (QED) is 0.922. The average Bonchev–Trinajstić information content (AvgIpc) is 2.39. The highest BCUT2D eigenvalue weighted by Gasteiger charge is 2.39. The van der Waals surface area contributed by atoms with Crippen LogP contribution in [0.4, 0.5) is 10.1 Å². The van der Waals surface area contributed by atoms with Crippen molar-refractivity contribution in [2.75, 3.05) is 18.0 Å². The topological polar surface area (TPSA) is 32.3 Å². The molecule has 0 bridgehead atoms. The fourth-order valence-corrected chi connectivity index (χ4v) is 2.90. The smallest absolute Gasteiger partial charge is 0.244 e. The standard InChI is InChI=1S/C16H23FN2O/c1-4-19(13-8-5-7-12(17)11-13)15(20)14-16(2,3)9-6-10-18-14/h5,7-8,11,14,18H,4,6,9-10H2,1-3H3. The van der Waals surface area contributed by atoms with Crippen molar-refractivity contribution in [2.45, 2.75) is 39.7 Å². The van der Waals surface area contributed by atoms with E-state index in [1.807, 2.05) is 6.92 Å². The first-order valence-electron chi connectivity index (χ1n) is 7.26. The maximum Gasteiger partial charge on any atom is 0.244 e. The molecule has 0 aromatic heterocycles. The van der Waals surface area contributed by atoms with Crippen LogP contribution in [0.3, 0.4) is 0 Å². The van der Waals surface area contributed by atoms with E-state index in [0.29, 0.717) is 12.2 Å². The lowest BCUT2D eigenvalue weighted by molar-refractivity contribution is -0.124. The van der Waals surface area contributed by atoms with Gasteiger partial charge in [0.15, 0.2) is 0 Å². The number of carbonyl (C=O) groups is 1. The van der Waals surface area contributed by atoms with Gasteiger partial charge in [-0.05, 0) is 49.9 Å². The van der Waals surface area contributed by atoms with Crippen LogP contribution >= 0.6 is 0 Å². The first-order valence-corrected chi connectivity index (χ1v) is 7.26. The van der Waals surface area contributed by atoms with E-state index in [2.05, 4.69) is 19.2 Å². The van der Waals surface area contributed by atoms with E-state index >= 15 is 0 Å². The van der Waals surface area contributed by atoms with E-state index in [4.69, 9.17) is 0 Å². The molecule has 1 N–H and O–H groups in total. The molecule has 0 aliphatic carbocycles. The first-order chi connectivity index (χ1) is 9.45. The number of nitrogens with one attached hydrogen (secondary N) is 1. The highest BCUT2D eigenvalue weighted by molar-refractivity contribution is 5.97. The summed E-state index contributed by atoms with van der Waals surface area (Å²) in [6, 6.07) is 6.02. The number of amides is 1. The van der Waals surface area contributed by atoms with Crippen LogP contribution in [-0.4, -0.2) is 25.0 Å². The summed E-state index contributed by atoms with van der Waals surface area (Å²) in [6.07, 6.45) is 2.11. The minimum Gasteiger partial charge on any atom is -0.311 e. The maximum atomic E-state index is 13.4. The van der Waals surface area contributed by atoms with Crippen molar-refractivity contribution < 1.29 is 9.18 Å². The van der Waals surface area contributed by atoms with Gasteiger partial charge in [-0.3, -0.25) is 4.79 Å². The third-order valence-corrected chi connectivity index (χ3v) is 4.08. The normalized spacial score (nSPS) is 21.5. The Morgan fingerprint density at radius 2 is 2.25 bits per heavy atom. The molecule has 20 heavy (non-hydrogen) atoms. The highest BCUT2D eigenvalue weighted by Crippen LogP contribution is 2.32. The second-order valence-corrected chi connectivity index (χ2v) is 6.04. The number of anilines is 1. The van der Waals surface area contributed by atoms with Gasteiger partial charge in [0.1, 0.15) is 5.82 Å². The summed E-state index contributed by atoms with van der Waals surface area (Å²) in [4.78, 5) is 14.5. The Labute approximate surface area is 120 Å². The third kappa shape index (κ3) is 3.01. The molecule has 0 radical (unpaired) electrons. The predicted octanol–water partition coefficient (Wildman–Crippen LogP) is 2.96. The second kappa shape index (κ2) is 5.92. The molecule has 110 valence electrons. The molecule has 1 aromatic rings. The molecule has 0 spiro atoms. The van der Waals surface area contributed by atoms with Gasteiger partial charge in [0.25, 0.3) is 0 Å². The first kappa shape index (κ1) is 15.0. The molecule has 1 amide bonds. The molecule has 1 atom stereocenters. The Morgan fingerprint density at radius 3 is 2.85 bits per heavy atom. The molecule has 0 saturated carbocycles. The van der Waals surface area contributed by atoms with Crippen molar-refractivity contribution in [3.63, 3.8) is 0 Å². The van der Waals surface area contributed by atoms with Crippen LogP contribution in [0.15, 0.2) is 24.3 Å². The zero-order valence-corrected chi connectivity index (χ0v) is 12.4. The van der Waals surface area contributed by atoms with E-state index in [1.165, 1.54) is 12.1 Å². The van der Waals surface area contributed by atoms with E-state index < -0.39 is 0 Å². The zero-order chi connectivity index (χ0) is 14.8. The Kier molecular flexibility index (Phi) is 4.43. The van der Waals surface area contributed by atoms with Crippen LogP contribution in [0.25, 0.3) is 0 Å². The molecule has 3 nitrogen and oxygen atoms in total. The number of halogens is 1. The number of nitrogens with zero attached hydrogens (tertiary/aromatic N) is 1. The number of carbonyl (C=O) groups excluding carboxylic acids is 1. The van der Waals surface area contributed by atoms with Crippen LogP contribution in [0.2, 0.25) is 0 Å². The summed E-state index contributed by atoms with van der Waals surface area (Å²) < 4.78 is 13.4. The van der Waals surface area contributed by atoms with Crippen LogP contribution in [0.1, 0.15) is 33.6 Å². The molecule has 4 heteroatoms. The van der Waals surface area contributed by atoms with Crippen LogP contribution in [0, 0.1) is 11.2 Å². The van der Waals surface area contributed by atoms with Crippen molar-refractivity contribution in [1.29, 1.82) is 0 Å². The van der Waals surface area contributed by atoms with Crippen molar-refractivity contribution in [3.05, 3.63) is 30.1 Å². The van der Waals surface area contributed by atoms with Crippen molar-refractivity contribution in [1.82, 2.24) is 5.32 Å². The lowest BCUT2D eigenvalue weighted by Crippen LogP contribution is -2.56. The van der Waals surface area contributed by atoms with E-state index in [0.717, 1.165) is 19.4 Å². The minimum absolute atomic E-state index is 0.0304. The largest absolute Gasteiger partial charge is 0.311 e. The lowest BCUT2D eigenvalue weighted by atomic mass is 9.77. The fourth-order valence-electron chi connectivity index (χ4n) is 2.90. The van der Waals surface area contributed by atoms with Gasteiger partial charge in [-0.15, -0.1) is 0 Å². The Bertz CT molecular complexity index is 487. The van der Waals surface area contributed by atoms with Gasteiger partial charge in [-0.1, -0.05) is 19.9 Å². The summed E-state index contributed by atoms with van der Waals surface area (Å²) in [6.45, 7) is 7.54. The van der Waals surface area contributed by atoms with Crippen molar-refractivity contribution in [2.24, 2.45) is 5.41 Å². The number of piperidine rings is 1. The number of likely N-dealkylation sites (N-methyl/N-ethyl adjacent to an activating group) is 1. The molecule has 1 aliphatic heterocycles. The predicted molar refractivity (Wildman–Crippen MR) is 79.2 cm³/mol. The van der Waals surface area contributed by atoms with Gasteiger partial charge in [0, 0.05) is 12.2 Å². The third-order valence-electron chi connectivity index (χ3n) is 4.08. The van der Waals surface area contributed by atoms with Gasteiger partial charge in [0.2, 0.25) is 5.91 Å². The Balaban J connectivity index is 2.25. The highest BCUT2D eigenvalue weighted by atomic mass is 19.1. The van der Waals surface area contributed by atoms with Gasteiger partial charge in [0.05, 0.1) is 6.04 Å². The monoisotopic (exact) mass is 278 g/mol. The summed E-state index contributed by atoms with van der Waals surface area (Å²) in [5.41, 5.74) is 0.552. The molecule has 1 unspecified atom stereocenters. The van der Waals surface area contributed by atoms with E-state index in [9.17, 15) is 9.18 Å². The lowest BCUT2D eigenvalue weighted by Gasteiger charge is -2.40. The molecule has 1 fully saturated rings. The summed E-state index contributed by atoms with van der Waals surface area (Å²) in [5, 5.41) is 3.32. The number of hydrogen-bond donors (Lipinski definition) is 1. The summed E-state index contributed by atoms with van der Waals surface area (Å²) >= 11 is 0. The number of benzene rings is 1. The molecule has 1 saturated heterocycles. The minimum atomic E-state index is -0.315. The van der Waals surface area contributed by atoms with Crippen LogP contribution in [-0.2, 0) is 4.79 Å². The summed E-state index contributed by atoms with van der Waals surface area (Å²) in [7, 11) is 0. The van der Waals surface area contributed by atoms with Gasteiger partial charge < -0.3 is 10.2 Å². The van der Waals surface area contributed by atoms with Crippen LogP contribution in [0.5, 0.6) is 0 Å². The fraction of sp³-hybridized carbons (Fsp3) is 0.562. The van der Waals surface area contributed by atoms with Gasteiger partial charge in [-0.25, -0.2) is 4.39 Å². The zero-order valence-electron chi connectivity index (χ0n) is 12.4. The number of hydrogen-bond acceptors (Lipinski definition) is 2. The molecule has 1 aliphatic rings. The summed E-state index contributed by atoms with van der Waals surface area (Å²) in [5.74, 6) is -0.285. The Hall–Kier alpha value is -1.42. The maximum absolute atomic E-state index is 13.4. The number of rotatable bonds is 3. The Morgan fingerprint density at radius 1 is 1.50 bits per heavy atom. The van der Waals surface area contributed by atoms with Crippen molar-refractivity contribution in [3.8, 4) is 0 Å². The average molecular weight is 278 g/mol. The SMILES string of the molecule is CCN(C(=O)C1NCCCC1(C)C)c1cccc(F)c1. The van der Waals surface area contributed by atoms with Crippen molar-refractivity contribution >= 4 is 11.6 Å². The molecular weight excluding hydrogens is 255 g/mol. The van der Waals surface area contributed by atoms with E-state index in [-0.39, 0.29) is 23.2 Å². The second-order valence-electron chi connectivity index (χ2n) is 6.04. The molecule has 1 aromatic carbocycles. The van der Waals surface area contributed by atoms with Gasteiger partial charge in [-0.2, -0.15) is 0 Å². The molecular formula is C16H23FN2O. The van der Waals surface area contributed by atoms with Gasteiger partial charge >= 0.3 is 0 Å². The van der Waals surface area contributed by atoms with E-state index in [1.54, 1.807) is 17.0 Å². The molecule has 1 heterocycles. The molecule has 2 rings (SSSR count).